The van der Waals surface area contributed by atoms with Crippen molar-refractivity contribution in [2.45, 2.75) is 59.8 Å². The molecule has 2 nitrogen and oxygen atoms in total. The number of hydrogen-bond acceptors (Lipinski definition) is 2. The van der Waals surface area contributed by atoms with Crippen LogP contribution in [0.1, 0.15) is 59.8 Å². The summed E-state index contributed by atoms with van der Waals surface area (Å²) in [7, 11) is 0. The molecule has 1 saturated carbocycles. The van der Waals surface area contributed by atoms with Gasteiger partial charge in [-0.05, 0) is 42.9 Å². The van der Waals surface area contributed by atoms with Gasteiger partial charge in [0.25, 0.3) is 0 Å². The molecule has 18 heavy (non-hydrogen) atoms. The van der Waals surface area contributed by atoms with Crippen LogP contribution in [0.15, 0.2) is 0 Å². The Hall–Kier alpha value is -0.0800. The minimum absolute atomic E-state index is 0.290. The van der Waals surface area contributed by atoms with Crippen LogP contribution in [-0.4, -0.2) is 26.4 Å². The van der Waals surface area contributed by atoms with E-state index in [1.807, 2.05) is 0 Å². The molecule has 2 unspecified atom stereocenters. The van der Waals surface area contributed by atoms with Crippen LogP contribution in [-0.2, 0) is 9.47 Å². The molecule has 0 spiro atoms. The average Bonchev–Trinajstić information content (AvgIpc) is 2.28. The minimum atomic E-state index is 0.290. The van der Waals surface area contributed by atoms with Crippen molar-refractivity contribution in [3.63, 3.8) is 0 Å². The fourth-order valence-corrected chi connectivity index (χ4v) is 2.63. The highest BCUT2D eigenvalue weighted by Crippen LogP contribution is 2.29. The standard InChI is InChI=1S/C16H32O2/c1-5-9-17-11-14-7-6-8-15(10-14)12-18-13-16(2,3)4/h14-15H,5-13H2,1-4H3. The molecule has 108 valence electrons. The Morgan fingerprint density at radius 3 is 2.17 bits per heavy atom. The predicted molar refractivity (Wildman–Crippen MR) is 76.8 cm³/mol. The van der Waals surface area contributed by atoms with Crippen LogP contribution in [0.25, 0.3) is 0 Å². The molecule has 0 radical (unpaired) electrons. The molecular weight excluding hydrogens is 224 g/mol. The third-order valence-electron chi connectivity index (χ3n) is 3.48. The zero-order valence-electron chi connectivity index (χ0n) is 12.8. The van der Waals surface area contributed by atoms with Crippen LogP contribution in [0.2, 0.25) is 0 Å². The van der Waals surface area contributed by atoms with Crippen molar-refractivity contribution >= 4 is 0 Å². The van der Waals surface area contributed by atoms with Gasteiger partial charge in [0.15, 0.2) is 0 Å². The summed E-state index contributed by atoms with van der Waals surface area (Å²) in [6.45, 7) is 12.6. The topological polar surface area (TPSA) is 18.5 Å². The van der Waals surface area contributed by atoms with E-state index in [-0.39, 0.29) is 5.41 Å². The van der Waals surface area contributed by atoms with Crippen LogP contribution in [0.5, 0.6) is 0 Å². The SMILES string of the molecule is CCCOCC1CCCC(COCC(C)(C)C)C1. The van der Waals surface area contributed by atoms with Gasteiger partial charge in [-0.2, -0.15) is 0 Å². The molecule has 1 aliphatic rings. The Bertz CT molecular complexity index is 208. The summed E-state index contributed by atoms with van der Waals surface area (Å²) >= 11 is 0. The lowest BCUT2D eigenvalue weighted by Gasteiger charge is -2.29. The maximum absolute atomic E-state index is 5.87. The van der Waals surface area contributed by atoms with Gasteiger partial charge in [-0.15, -0.1) is 0 Å². The zero-order chi connectivity index (χ0) is 13.4. The van der Waals surface area contributed by atoms with Gasteiger partial charge in [0.05, 0.1) is 6.61 Å². The largest absolute Gasteiger partial charge is 0.381 e. The van der Waals surface area contributed by atoms with Crippen molar-refractivity contribution in [1.82, 2.24) is 0 Å². The second kappa shape index (κ2) is 8.16. The van der Waals surface area contributed by atoms with Gasteiger partial charge in [-0.25, -0.2) is 0 Å². The summed E-state index contributed by atoms with van der Waals surface area (Å²) < 4.78 is 11.6. The van der Waals surface area contributed by atoms with E-state index in [0.717, 1.165) is 44.7 Å². The third kappa shape index (κ3) is 7.38. The number of rotatable bonds is 7. The normalized spacial score (nSPS) is 25.3. The van der Waals surface area contributed by atoms with Crippen LogP contribution in [0.3, 0.4) is 0 Å². The summed E-state index contributed by atoms with van der Waals surface area (Å²) in [6.07, 6.45) is 6.47. The maximum atomic E-state index is 5.87. The van der Waals surface area contributed by atoms with Crippen LogP contribution >= 0.6 is 0 Å². The van der Waals surface area contributed by atoms with E-state index in [1.165, 1.54) is 25.7 Å². The van der Waals surface area contributed by atoms with Crippen molar-refractivity contribution in [2.75, 3.05) is 26.4 Å². The summed E-state index contributed by atoms with van der Waals surface area (Å²) in [5.74, 6) is 1.53. The molecule has 0 aromatic heterocycles. The molecule has 1 fully saturated rings. The van der Waals surface area contributed by atoms with Gasteiger partial charge in [0, 0.05) is 19.8 Å². The summed E-state index contributed by atoms with van der Waals surface area (Å²) in [4.78, 5) is 0. The second-order valence-electron chi connectivity index (χ2n) is 7.05. The summed E-state index contributed by atoms with van der Waals surface area (Å²) in [5, 5.41) is 0. The fraction of sp³-hybridized carbons (Fsp3) is 1.00. The molecular formula is C16H32O2. The fourth-order valence-electron chi connectivity index (χ4n) is 2.63. The average molecular weight is 256 g/mol. The van der Waals surface area contributed by atoms with E-state index in [1.54, 1.807) is 0 Å². The predicted octanol–water partition coefficient (Wildman–Crippen LogP) is 4.28. The molecule has 0 heterocycles. The van der Waals surface area contributed by atoms with E-state index < -0.39 is 0 Å². The Kier molecular flexibility index (Phi) is 7.25. The Labute approximate surface area is 113 Å². The summed E-state index contributed by atoms with van der Waals surface area (Å²) in [6, 6.07) is 0. The molecule has 0 N–H and O–H groups in total. The van der Waals surface area contributed by atoms with Gasteiger partial charge >= 0.3 is 0 Å². The molecule has 0 saturated heterocycles. The zero-order valence-corrected chi connectivity index (χ0v) is 12.8. The number of ether oxygens (including phenoxy) is 2. The smallest absolute Gasteiger partial charge is 0.0514 e. The molecule has 0 amide bonds. The van der Waals surface area contributed by atoms with Gasteiger partial charge in [0.1, 0.15) is 0 Å². The first-order chi connectivity index (χ1) is 8.51. The van der Waals surface area contributed by atoms with Gasteiger partial charge in [-0.1, -0.05) is 34.1 Å². The first-order valence-corrected chi connectivity index (χ1v) is 7.66. The lowest BCUT2D eigenvalue weighted by molar-refractivity contribution is 0.0188. The van der Waals surface area contributed by atoms with Crippen molar-refractivity contribution < 1.29 is 9.47 Å². The van der Waals surface area contributed by atoms with Crippen molar-refractivity contribution in [1.29, 1.82) is 0 Å². The molecule has 1 aliphatic carbocycles. The highest BCUT2D eigenvalue weighted by atomic mass is 16.5. The lowest BCUT2D eigenvalue weighted by Crippen LogP contribution is -2.25. The Morgan fingerprint density at radius 2 is 1.61 bits per heavy atom. The van der Waals surface area contributed by atoms with Gasteiger partial charge < -0.3 is 9.47 Å². The van der Waals surface area contributed by atoms with Crippen LogP contribution < -0.4 is 0 Å². The van der Waals surface area contributed by atoms with Crippen molar-refractivity contribution in [3.05, 3.63) is 0 Å². The summed E-state index contributed by atoms with van der Waals surface area (Å²) in [5.41, 5.74) is 0.290. The second-order valence-corrected chi connectivity index (χ2v) is 7.05. The highest BCUT2D eigenvalue weighted by Gasteiger charge is 2.22. The molecule has 0 aliphatic heterocycles. The van der Waals surface area contributed by atoms with E-state index in [0.29, 0.717) is 0 Å². The first-order valence-electron chi connectivity index (χ1n) is 7.66. The number of hydrogen-bond donors (Lipinski definition) is 0. The Balaban J connectivity index is 2.14. The van der Waals surface area contributed by atoms with E-state index in [9.17, 15) is 0 Å². The molecule has 0 bridgehead atoms. The molecule has 2 atom stereocenters. The van der Waals surface area contributed by atoms with Gasteiger partial charge in [0.2, 0.25) is 0 Å². The Morgan fingerprint density at radius 1 is 1.00 bits per heavy atom. The van der Waals surface area contributed by atoms with E-state index >= 15 is 0 Å². The lowest BCUT2D eigenvalue weighted by atomic mass is 9.82. The van der Waals surface area contributed by atoms with E-state index in [2.05, 4.69) is 27.7 Å². The third-order valence-corrected chi connectivity index (χ3v) is 3.48. The quantitative estimate of drug-likeness (QED) is 0.633. The van der Waals surface area contributed by atoms with Crippen molar-refractivity contribution in [2.24, 2.45) is 17.3 Å². The van der Waals surface area contributed by atoms with Crippen LogP contribution in [0.4, 0.5) is 0 Å². The molecule has 0 aromatic rings. The van der Waals surface area contributed by atoms with Gasteiger partial charge in [-0.3, -0.25) is 0 Å². The van der Waals surface area contributed by atoms with Crippen LogP contribution in [0, 0.1) is 17.3 Å². The van der Waals surface area contributed by atoms with E-state index in [4.69, 9.17) is 9.47 Å². The molecule has 1 rings (SSSR count). The highest BCUT2D eigenvalue weighted by molar-refractivity contribution is 4.73. The molecule has 2 heteroatoms. The monoisotopic (exact) mass is 256 g/mol. The maximum Gasteiger partial charge on any atom is 0.0514 e. The van der Waals surface area contributed by atoms with Crippen molar-refractivity contribution in [3.8, 4) is 0 Å². The minimum Gasteiger partial charge on any atom is -0.381 e. The molecule has 0 aromatic carbocycles. The first kappa shape index (κ1) is 16.0.